The Morgan fingerprint density at radius 3 is 1.91 bits per heavy atom. The van der Waals surface area contributed by atoms with Gasteiger partial charge in [0.1, 0.15) is 17.2 Å². The normalized spacial score (nSPS) is 13.8. The highest BCUT2D eigenvalue weighted by Crippen LogP contribution is 2.40. The maximum absolute atomic E-state index is 14.7. The number of nitrogens with zero attached hydrogens (tertiary/aromatic N) is 1. The number of nitrogens with one attached hydrogen (secondary N) is 1. The molecule has 0 aliphatic rings. The number of amides is 1. The first kappa shape index (κ1) is 31.4. The van der Waals surface area contributed by atoms with E-state index in [1.54, 1.807) is 0 Å². The van der Waals surface area contributed by atoms with Crippen molar-refractivity contribution in [2.75, 3.05) is 0 Å². The summed E-state index contributed by atoms with van der Waals surface area (Å²) in [5.74, 6) is -4.68. The second-order valence-corrected chi connectivity index (χ2v) is 9.37. The molecule has 0 fully saturated rings. The zero-order valence-electron chi connectivity index (χ0n) is 21.3. The maximum Gasteiger partial charge on any atom is 0.419 e. The molecule has 226 valence electrons. The van der Waals surface area contributed by atoms with Gasteiger partial charge in [-0.1, -0.05) is 30.3 Å². The molecule has 0 saturated carbocycles. The largest absolute Gasteiger partial charge is 0.419 e. The van der Waals surface area contributed by atoms with Crippen molar-refractivity contribution in [3.05, 3.63) is 136 Å². The van der Waals surface area contributed by atoms with Crippen LogP contribution in [0, 0.1) is 11.6 Å². The van der Waals surface area contributed by atoms with Crippen LogP contribution in [0.15, 0.2) is 85.1 Å². The van der Waals surface area contributed by atoms with Crippen molar-refractivity contribution >= 4 is 5.91 Å². The molecule has 0 spiro atoms. The monoisotopic (exact) mass is 618 g/mol. The van der Waals surface area contributed by atoms with Crippen LogP contribution in [-0.2, 0) is 30.5 Å². The van der Waals surface area contributed by atoms with Crippen LogP contribution in [0.5, 0.6) is 0 Å². The number of benzene rings is 3. The third-order valence-electron chi connectivity index (χ3n) is 6.42. The molecule has 1 heterocycles. The summed E-state index contributed by atoms with van der Waals surface area (Å²) < 4.78 is 151. The minimum Gasteiger partial charge on any atom is -0.337 e. The zero-order chi connectivity index (χ0) is 31.8. The van der Waals surface area contributed by atoms with Gasteiger partial charge >= 0.3 is 18.5 Å². The summed E-state index contributed by atoms with van der Waals surface area (Å²) >= 11 is 0. The van der Waals surface area contributed by atoms with Gasteiger partial charge in [0.05, 0.1) is 22.4 Å². The van der Waals surface area contributed by atoms with E-state index in [9.17, 15) is 53.1 Å². The first-order valence-corrected chi connectivity index (χ1v) is 12.1. The molecule has 4 rings (SSSR count). The van der Waals surface area contributed by atoms with Crippen LogP contribution in [-0.4, -0.2) is 10.9 Å². The van der Waals surface area contributed by atoms with Gasteiger partial charge in [-0.2, -0.15) is 39.5 Å². The first-order chi connectivity index (χ1) is 19.9. The average molecular weight is 618 g/mol. The number of aromatic nitrogens is 1. The SMILES string of the molecule is O=C(NC(Cc1ccccc1)(c1cc(F)cc(C(F)(F)F)c1)c1cc(C(F)(F)F)ccn1)c1ccc(F)c(C(F)(F)F)c1. The van der Waals surface area contributed by atoms with Gasteiger partial charge < -0.3 is 5.32 Å². The molecule has 3 nitrogen and oxygen atoms in total. The van der Waals surface area contributed by atoms with Crippen molar-refractivity contribution in [2.45, 2.75) is 30.5 Å². The zero-order valence-corrected chi connectivity index (χ0v) is 21.3. The minimum atomic E-state index is -5.26. The molecule has 0 radical (unpaired) electrons. The summed E-state index contributed by atoms with van der Waals surface area (Å²) in [5.41, 5.74) is -9.36. The fourth-order valence-electron chi connectivity index (χ4n) is 4.41. The standard InChI is InChI=1S/C29H17F11N2O/c30-21-12-19(11-20(13-21)28(35,36)37)26(15-16-4-2-1-3-5-16,24-14-18(8-9-41-24)27(32,33)34)42-25(43)17-6-7-23(31)22(10-17)29(38,39)40/h1-14H,15H2,(H,42,43). The molecule has 4 aromatic rings. The van der Waals surface area contributed by atoms with Crippen molar-refractivity contribution < 1.29 is 53.1 Å². The quantitative estimate of drug-likeness (QED) is 0.221. The Bertz CT molecular complexity index is 1630. The molecular formula is C29H17F11N2O. The van der Waals surface area contributed by atoms with Gasteiger partial charge in [0.2, 0.25) is 0 Å². The van der Waals surface area contributed by atoms with Gasteiger partial charge in [-0.3, -0.25) is 9.78 Å². The number of carbonyl (C=O) groups is 1. The highest BCUT2D eigenvalue weighted by Gasteiger charge is 2.43. The molecule has 1 N–H and O–H groups in total. The van der Waals surface area contributed by atoms with Gasteiger partial charge in [0.15, 0.2) is 0 Å². The van der Waals surface area contributed by atoms with Gasteiger partial charge in [-0.25, -0.2) is 8.78 Å². The van der Waals surface area contributed by atoms with E-state index in [0.717, 1.165) is 0 Å². The molecule has 0 aliphatic heterocycles. The van der Waals surface area contributed by atoms with E-state index in [-0.39, 0.29) is 17.7 Å². The number of hydrogen-bond donors (Lipinski definition) is 1. The summed E-state index contributed by atoms with van der Waals surface area (Å²) in [6, 6.07) is 10.4. The van der Waals surface area contributed by atoms with E-state index < -0.39 is 81.5 Å². The minimum absolute atomic E-state index is 0.119. The lowest BCUT2D eigenvalue weighted by atomic mass is 9.79. The van der Waals surface area contributed by atoms with E-state index in [2.05, 4.69) is 10.3 Å². The summed E-state index contributed by atoms with van der Waals surface area (Å²) in [4.78, 5) is 17.3. The predicted octanol–water partition coefficient (Wildman–Crippen LogP) is 8.33. The second-order valence-electron chi connectivity index (χ2n) is 9.37. The van der Waals surface area contributed by atoms with Crippen LogP contribution in [0.3, 0.4) is 0 Å². The number of carbonyl (C=O) groups excluding carboxylic acids is 1. The summed E-state index contributed by atoms with van der Waals surface area (Å²) in [7, 11) is 0. The molecule has 0 aliphatic carbocycles. The smallest absolute Gasteiger partial charge is 0.337 e. The lowest BCUT2D eigenvalue weighted by Crippen LogP contribution is -2.49. The van der Waals surface area contributed by atoms with Gasteiger partial charge in [-0.15, -0.1) is 0 Å². The fraction of sp³-hybridized carbons (Fsp3) is 0.172. The van der Waals surface area contributed by atoms with Crippen LogP contribution in [0.1, 0.15) is 43.9 Å². The Labute approximate surface area is 236 Å². The van der Waals surface area contributed by atoms with Gasteiger partial charge in [0, 0.05) is 18.2 Å². The van der Waals surface area contributed by atoms with Crippen LogP contribution in [0.4, 0.5) is 48.3 Å². The van der Waals surface area contributed by atoms with Crippen molar-refractivity contribution in [2.24, 2.45) is 0 Å². The topological polar surface area (TPSA) is 42.0 Å². The fourth-order valence-corrected chi connectivity index (χ4v) is 4.41. The predicted molar refractivity (Wildman–Crippen MR) is 130 cm³/mol. The molecule has 1 unspecified atom stereocenters. The molecule has 1 atom stereocenters. The lowest BCUT2D eigenvalue weighted by molar-refractivity contribution is -0.140. The molecule has 1 aromatic heterocycles. The Balaban J connectivity index is 2.04. The van der Waals surface area contributed by atoms with Crippen LogP contribution in [0.2, 0.25) is 0 Å². The van der Waals surface area contributed by atoms with E-state index in [1.165, 1.54) is 30.3 Å². The maximum atomic E-state index is 14.7. The van der Waals surface area contributed by atoms with Crippen molar-refractivity contribution in [1.29, 1.82) is 0 Å². The molecule has 0 bridgehead atoms. The molecule has 0 saturated heterocycles. The summed E-state index contributed by atoms with van der Waals surface area (Å²) in [6.45, 7) is 0. The van der Waals surface area contributed by atoms with Crippen molar-refractivity contribution in [1.82, 2.24) is 10.3 Å². The summed E-state index contributed by atoms with van der Waals surface area (Å²) in [6.07, 6.45) is -15.4. The molecule has 3 aromatic carbocycles. The molecule has 1 amide bonds. The highest BCUT2D eigenvalue weighted by atomic mass is 19.4. The van der Waals surface area contributed by atoms with E-state index in [1.807, 2.05) is 0 Å². The number of hydrogen-bond acceptors (Lipinski definition) is 2. The van der Waals surface area contributed by atoms with E-state index in [0.29, 0.717) is 42.6 Å². The van der Waals surface area contributed by atoms with Gasteiger partial charge in [-0.05, 0) is 59.7 Å². The van der Waals surface area contributed by atoms with Crippen LogP contribution >= 0.6 is 0 Å². The highest BCUT2D eigenvalue weighted by molar-refractivity contribution is 5.95. The number of pyridine rings is 1. The van der Waals surface area contributed by atoms with Crippen molar-refractivity contribution in [3.63, 3.8) is 0 Å². The Kier molecular flexibility index (Phi) is 8.27. The van der Waals surface area contributed by atoms with Crippen LogP contribution in [0.25, 0.3) is 0 Å². The third-order valence-corrected chi connectivity index (χ3v) is 6.42. The van der Waals surface area contributed by atoms with Crippen LogP contribution < -0.4 is 5.32 Å². The Morgan fingerprint density at radius 2 is 1.30 bits per heavy atom. The Hall–Kier alpha value is -4.49. The van der Waals surface area contributed by atoms with Gasteiger partial charge in [0.25, 0.3) is 5.91 Å². The van der Waals surface area contributed by atoms with Crippen molar-refractivity contribution in [3.8, 4) is 0 Å². The molecular weight excluding hydrogens is 601 g/mol. The number of alkyl halides is 9. The average Bonchev–Trinajstić information content (AvgIpc) is 2.91. The van der Waals surface area contributed by atoms with E-state index in [4.69, 9.17) is 0 Å². The first-order valence-electron chi connectivity index (χ1n) is 12.1. The Morgan fingerprint density at radius 1 is 0.674 bits per heavy atom. The molecule has 14 heteroatoms. The lowest BCUT2D eigenvalue weighted by Gasteiger charge is -2.36. The summed E-state index contributed by atoms with van der Waals surface area (Å²) in [5, 5.41) is 2.22. The second kappa shape index (κ2) is 11.3. The number of rotatable bonds is 6. The molecule has 43 heavy (non-hydrogen) atoms. The van der Waals surface area contributed by atoms with E-state index >= 15 is 0 Å². The number of halogens is 11. The third kappa shape index (κ3) is 6.95.